The molecule has 1 N–H and O–H groups in total. The maximum Gasteiger partial charge on any atom is 0.129 e. The lowest BCUT2D eigenvalue weighted by Crippen LogP contribution is -2.12. The molecule has 0 fully saturated rings. The largest absolute Gasteiger partial charge is 0.496 e. The zero-order valence-corrected chi connectivity index (χ0v) is 13.3. The summed E-state index contributed by atoms with van der Waals surface area (Å²) in [5.41, 5.74) is 2.24. The van der Waals surface area contributed by atoms with Crippen molar-refractivity contribution in [3.8, 4) is 5.75 Å². The quantitative estimate of drug-likeness (QED) is 0.782. The van der Waals surface area contributed by atoms with Crippen molar-refractivity contribution in [1.82, 2.24) is 14.5 Å². The van der Waals surface area contributed by atoms with E-state index in [4.69, 9.17) is 16.3 Å². The molecule has 0 saturated heterocycles. The van der Waals surface area contributed by atoms with Crippen LogP contribution in [0.15, 0.2) is 36.8 Å². The molecule has 2 heterocycles. The first-order chi connectivity index (χ1) is 10.7. The smallest absolute Gasteiger partial charge is 0.129 e. The van der Waals surface area contributed by atoms with E-state index in [1.807, 2.05) is 18.2 Å². The molecule has 6 heteroatoms. The summed E-state index contributed by atoms with van der Waals surface area (Å²) in [6.07, 6.45) is 3.25. The maximum absolute atomic E-state index is 6.19. The minimum absolute atomic E-state index is 0.674. The van der Waals surface area contributed by atoms with E-state index in [1.54, 1.807) is 13.3 Å². The maximum atomic E-state index is 6.19. The van der Waals surface area contributed by atoms with E-state index in [-0.39, 0.29) is 0 Å². The van der Waals surface area contributed by atoms with E-state index in [1.165, 1.54) is 12.0 Å². The van der Waals surface area contributed by atoms with Gasteiger partial charge < -0.3 is 14.6 Å². The van der Waals surface area contributed by atoms with Crippen LogP contribution in [0.4, 0.5) is 5.82 Å². The summed E-state index contributed by atoms with van der Waals surface area (Å²) in [5, 5.41) is 5.03. The first-order valence-electron chi connectivity index (χ1n) is 7.02. The van der Waals surface area contributed by atoms with Crippen molar-refractivity contribution in [3.63, 3.8) is 0 Å². The van der Waals surface area contributed by atoms with Gasteiger partial charge in [-0.3, -0.25) is 0 Å². The summed E-state index contributed by atoms with van der Waals surface area (Å²) in [4.78, 5) is 8.05. The van der Waals surface area contributed by atoms with Crippen molar-refractivity contribution in [2.45, 2.75) is 13.5 Å². The number of aromatic nitrogens is 3. The molecule has 0 saturated carbocycles. The van der Waals surface area contributed by atoms with Crippen LogP contribution < -0.4 is 10.1 Å². The normalized spacial score (nSPS) is 10.9. The highest BCUT2D eigenvalue weighted by atomic mass is 35.5. The Morgan fingerprint density at radius 3 is 2.91 bits per heavy atom. The zero-order valence-electron chi connectivity index (χ0n) is 12.5. The Balaban J connectivity index is 1.84. The summed E-state index contributed by atoms with van der Waals surface area (Å²) < 4.78 is 7.64. The molecule has 1 aromatic carbocycles. The molecule has 2 aromatic heterocycles. The SMILES string of the molecule is COc1cc(Cl)cc2c1cc(C)n2CCNc1ccncn1. The number of nitrogens with one attached hydrogen (secondary N) is 1. The number of hydrogen-bond donors (Lipinski definition) is 1. The predicted molar refractivity (Wildman–Crippen MR) is 88.8 cm³/mol. The molecule has 114 valence electrons. The molecular weight excluding hydrogens is 300 g/mol. The van der Waals surface area contributed by atoms with Crippen molar-refractivity contribution < 1.29 is 4.74 Å². The van der Waals surface area contributed by atoms with E-state index in [0.717, 1.165) is 35.6 Å². The van der Waals surface area contributed by atoms with Gasteiger partial charge in [-0.15, -0.1) is 0 Å². The molecular formula is C16H17ClN4O. The number of halogens is 1. The molecule has 0 radical (unpaired) electrons. The second-order valence-corrected chi connectivity index (χ2v) is 5.44. The second kappa shape index (κ2) is 6.23. The molecule has 3 aromatic rings. The number of rotatable bonds is 5. The van der Waals surface area contributed by atoms with Gasteiger partial charge in [0, 0.05) is 35.4 Å². The summed E-state index contributed by atoms with van der Waals surface area (Å²) in [6.45, 7) is 3.65. The van der Waals surface area contributed by atoms with E-state index >= 15 is 0 Å². The number of methoxy groups -OCH3 is 1. The van der Waals surface area contributed by atoms with Gasteiger partial charge in [0.2, 0.25) is 0 Å². The Hall–Kier alpha value is -2.27. The van der Waals surface area contributed by atoms with Gasteiger partial charge in [-0.1, -0.05) is 11.6 Å². The topological polar surface area (TPSA) is 52.0 Å². The molecule has 0 amide bonds. The highest BCUT2D eigenvalue weighted by molar-refractivity contribution is 6.31. The summed E-state index contributed by atoms with van der Waals surface area (Å²) in [5.74, 6) is 1.62. The fourth-order valence-corrected chi connectivity index (χ4v) is 2.78. The van der Waals surface area contributed by atoms with Crippen molar-refractivity contribution in [2.75, 3.05) is 19.0 Å². The van der Waals surface area contributed by atoms with Crippen LogP contribution in [-0.4, -0.2) is 28.2 Å². The first kappa shape index (κ1) is 14.7. The van der Waals surface area contributed by atoms with Crippen LogP contribution >= 0.6 is 11.6 Å². The van der Waals surface area contributed by atoms with Crippen LogP contribution in [0.5, 0.6) is 5.75 Å². The lowest BCUT2D eigenvalue weighted by atomic mass is 10.2. The van der Waals surface area contributed by atoms with Crippen molar-refractivity contribution in [2.24, 2.45) is 0 Å². The predicted octanol–water partition coefficient (Wildman–Crippen LogP) is 3.51. The molecule has 0 bridgehead atoms. The molecule has 5 nitrogen and oxygen atoms in total. The van der Waals surface area contributed by atoms with Gasteiger partial charge in [0.25, 0.3) is 0 Å². The molecule has 0 aliphatic rings. The van der Waals surface area contributed by atoms with Crippen molar-refractivity contribution in [1.29, 1.82) is 0 Å². The highest BCUT2D eigenvalue weighted by Gasteiger charge is 2.11. The van der Waals surface area contributed by atoms with Gasteiger partial charge in [-0.25, -0.2) is 9.97 Å². The summed E-state index contributed by atoms with van der Waals surface area (Å²) >= 11 is 6.19. The lowest BCUT2D eigenvalue weighted by Gasteiger charge is -2.11. The van der Waals surface area contributed by atoms with Gasteiger partial charge in [0.15, 0.2) is 0 Å². The monoisotopic (exact) mass is 316 g/mol. The van der Waals surface area contributed by atoms with Crippen LogP contribution in [0, 0.1) is 6.92 Å². The van der Waals surface area contributed by atoms with Gasteiger partial charge in [-0.2, -0.15) is 0 Å². The average molecular weight is 317 g/mol. The number of ether oxygens (including phenoxy) is 1. The van der Waals surface area contributed by atoms with Gasteiger partial charge in [0.05, 0.1) is 12.6 Å². The first-order valence-corrected chi connectivity index (χ1v) is 7.40. The number of benzene rings is 1. The van der Waals surface area contributed by atoms with Gasteiger partial charge >= 0.3 is 0 Å². The summed E-state index contributed by atoms with van der Waals surface area (Å²) in [7, 11) is 1.66. The molecule has 0 unspecified atom stereocenters. The summed E-state index contributed by atoms with van der Waals surface area (Å²) in [6, 6.07) is 7.78. The Labute approximate surface area is 133 Å². The Bertz CT molecular complexity index is 786. The minimum Gasteiger partial charge on any atom is -0.496 e. The Morgan fingerprint density at radius 1 is 1.32 bits per heavy atom. The second-order valence-electron chi connectivity index (χ2n) is 5.00. The number of fused-ring (bicyclic) bond motifs is 1. The molecule has 22 heavy (non-hydrogen) atoms. The van der Waals surface area contributed by atoms with E-state index < -0.39 is 0 Å². The Kier molecular flexibility index (Phi) is 4.15. The number of hydrogen-bond acceptors (Lipinski definition) is 4. The number of aryl methyl sites for hydroxylation is 1. The third-order valence-corrected chi connectivity index (χ3v) is 3.82. The third kappa shape index (κ3) is 2.85. The molecule has 0 aliphatic carbocycles. The van der Waals surface area contributed by atoms with Gasteiger partial charge in [-0.05, 0) is 31.2 Å². The zero-order chi connectivity index (χ0) is 15.5. The number of nitrogens with zero attached hydrogens (tertiary/aromatic N) is 3. The van der Waals surface area contributed by atoms with Gasteiger partial charge in [0.1, 0.15) is 17.9 Å². The van der Waals surface area contributed by atoms with Crippen LogP contribution in [-0.2, 0) is 6.54 Å². The lowest BCUT2D eigenvalue weighted by molar-refractivity contribution is 0.420. The van der Waals surface area contributed by atoms with E-state index in [2.05, 4.69) is 32.8 Å². The fourth-order valence-electron chi connectivity index (χ4n) is 2.58. The van der Waals surface area contributed by atoms with Crippen LogP contribution in [0.2, 0.25) is 5.02 Å². The fraction of sp³-hybridized carbons (Fsp3) is 0.250. The molecule has 0 spiro atoms. The Morgan fingerprint density at radius 2 is 2.18 bits per heavy atom. The van der Waals surface area contributed by atoms with E-state index in [9.17, 15) is 0 Å². The molecule has 3 rings (SSSR count). The average Bonchev–Trinajstić information content (AvgIpc) is 2.84. The van der Waals surface area contributed by atoms with Crippen molar-refractivity contribution >= 4 is 28.3 Å². The molecule has 0 aliphatic heterocycles. The number of anilines is 1. The third-order valence-electron chi connectivity index (χ3n) is 3.60. The standard InChI is InChI=1S/C16H17ClN4O/c1-11-7-13-14(8-12(17)9-15(13)22-2)21(11)6-5-19-16-3-4-18-10-20-16/h3-4,7-10H,5-6H2,1-2H3,(H,18,19,20). The van der Waals surface area contributed by atoms with E-state index in [0.29, 0.717) is 5.02 Å². The molecule has 0 atom stereocenters. The van der Waals surface area contributed by atoms with Crippen LogP contribution in [0.1, 0.15) is 5.69 Å². The van der Waals surface area contributed by atoms with Crippen LogP contribution in [0.25, 0.3) is 10.9 Å². The minimum atomic E-state index is 0.674. The highest BCUT2D eigenvalue weighted by Crippen LogP contribution is 2.32. The van der Waals surface area contributed by atoms with Crippen molar-refractivity contribution in [3.05, 3.63) is 47.5 Å². The van der Waals surface area contributed by atoms with Crippen LogP contribution in [0.3, 0.4) is 0 Å².